The van der Waals surface area contributed by atoms with E-state index in [4.69, 9.17) is 0 Å². The summed E-state index contributed by atoms with van der Waals surface area (Å²) in [5.41, 5.74) is 2.06. The Morgan fingerprint density at radius 2 is 1.93 bits per heavy atom. The van der Waals surface area contributed by atoms with Crippen LogP contribution in [0.1, 0.15) is 40.2 Å². The number of hydrogen-bond donors (Lipinski definition) is 1. The molecule has 2 aliphatic rings. The van der Waals surface area contributed by atoms with Crippen LogP contribution in [0.3, 0.4) is 0 Å². The van der Waals surface area contributed by atoms with E-state index in [1.165, 1.54) is 18.2 Å². The fourth-order valence-corrected chi connectivity index (χ4v) is 4.04. The minimum absolute atomic E-state index is 0.190. The minimum atomic E-state index is -4.51. The summed E-state index contributed by atoms with van der Waals surface area (Å²) in [5, 5.41) is 2.93. The van der Waals surface area contributed by atoms with Gasteiger partial charge in [-0.1, -0.05) is 30.4 Å². The number of rotatable bonds is 3. The molecule has 0 spiro atoms. The second kappa shape index (κ2) is 6.62. The molecular weight excluding hydrogens is 370 g/mol. The summed E-state index contributed by atoms with van der Waals surface area (Å²) in [4.78, 5) is 13.2. The van der Waals surface area contributed by atoms with Gasteiger partial charge in [0, 0.05) is 30.3 Å². The quantitative estimate of drug-likeness (QED) is 0.743. The summed E-state index contributed by atoms with van der Waals surface area (Å²) in [6.45, 7) is 0. The van der Waals surface area contributed by atoms with E-state index in [-0.39, 0.29) is 23.3 Å². The van der Waals surface area contributed by atoms with Crippen LogP contribution in [0, 0.1) is 5.82 Å². The molecule has 4 rings (SSSR count). The van der Waals surface area contributed by atoms with Crippen LogP contribution in [0.2, 0.25) is 0 Å². The molecule has 0 aliphatic heterocycles. The van der Waals surface area contributed by atoms with E-state index in [1.807, 2.05) is 12.2 Å². The molecule has 0 amide bonds. The van der Waals surface area contributed by atoms with Crippen molar-refractivity contribution >= 4 is 17.4 Å². The minimum Gasteiger partial charge on any atom is -0.391 e. The summed E-state index contributed by atoms with van der Waals surface area (Å²) >= 11 is 0. The molecule has 1 N–H and O–H groups in total. The third-order valence-corrected chi connectivity index (χ3v) is 5.35. The van der Waals surface area contributed by atoms with Gasteiger partial charge in [0.05, 0.1) is 11.5 Å². The largest absolute Gasteiger partial charge is 0.416 e. The second-order valence-electron chi connectivity index (χ2n) is 6.94. The molecule has 2 aromatic carbocycles. The number of carbonyl (C=O) groups is 1. The number of allylic oxidation sites excluding steroid dienone is 3. The molecule has 0 saturated heterocycles. The number of benzene rings is 2. The summed E-state index contributed by atoms with van der Waals surface area (Å²) in [6, 6.07) is 7.76. The maximum Gasteiger partial charge on any atom is 0.416 e. The smallest absolute Gasteiger partial charge is 0.391 e. The van der Waals surface area contributed by atoms with Gasteiger partial charge in [0.1, 0.15) is 5.82 Å². The Labute approximate surface area is 159 Å². The van der Waals surface area contributed by atoms with Crippen molar-refractivity contribution in [2.45, 2.75) is 24.9 Å². The highest BCUT2D eigenvalue weighted by atomic mass is 19.4. The Balaban J connectivity index is 1.79. The molecule has 28 heavy (non-hydrogen) atoms. The fourth-order valence-electron chi connectivity index (χ4n) is 4.04. The molecule has 0 saturated carbocycles. The van der Waals surface area contributed by atoms with Gasteiger partial charge in [-0.2, -0.15) is 13.2 Å². The number of nitrogens with one attached hydrogen (secondary N) is 1. The van der Waals surface area contributed by atoms with Crippen molar-refractivity contribution in [1.82, 2.24) is 5.32 Å². The van der Waals surface area contributed by atoms with E-state index in [1.54, 1.807) is 13.1 Å². The normalized spacial score (nSPS) is 18.8. The van der Waals surface area contributed by atoms with E-state index in [9.17, 15) is 22.4 Å². The molecule has 144 valence electrons. The predicted molar refractivity (Wildman–Crippen MR) is 98.9 cm³/mol. The van der Waals surface area contributed by atoms with Crippen molar-refractivity contribution in [3.05, 3.63) is 81.8 Å². The Morgan fingerprint density at radius 1 is 1.14 bits per heavy atom. The summed E-state index contributed by atoms with van der Waals surface area (Å²) in [6.07, 6.45) is 0.114. The van der Waals surface area contributed by atoms with E-state index in [0.29, 0.717) is 23.2 Å². The third kappa shape index (κ3) is 2.93. The number of halogens is 4. The average molecular weight is 387 g/mol. The number of fused-ring (bicyclic) bond motifs is 1. The van der Waals surface area contributed by atoms with E-state index >= 15 is 0 Å². The number of Topliss-reactive ketones (excluding diaryl/α,β-unsaturated/α-hetero) is 1. The van der Waals surface area contributed by atoms with Gasteiger partial charge in [0.15, 0.2) is 5.78 Å². The molecule has 2 aliphatic carbocycles. The van der Waals surface area contributed by atoms with Crippen LogP contribution in [0.25, 0.3) is 11.6 Å². The van der Waals surface area contributed by atoms with Gasteiger partial charge in [-0.25, -0.2) is 4.39 Å². The first-order valence-electron chi connectivity index (χ1n) is 8.92. The first-order valence-corrected chi connectivity index (χ1v) is 8.92. The SMILES string of the molecule is CNC1=C(c2cccc(C(F)(F)F)c2)C(=O)C(c2c(F)ccc3c2C=CC3)C1. The van der Waals surface area contributed by atoms with Crippen LogP contribution < -0.4 is 5.32 Å². The fraction of sp³-hybridized carbons (Fsp3) is 0.227. The highest BCUT2D eigenvalue weighted by Crippen LogP contribution is 2.43. The van der Waals surface area contributed by atoms with E-state index in [2.05, 4.69) is 5.32 Å². The highest BCUT2D eigenvalue weighted by molar-refractivity contribution is 6.26. The molecule has 2 aromatic rings. The number of alkyl halides is 3. The first kappa shape index (κ1) is 18.5. The van der Waals surface area contributed by atoms with E-state index in [0.717, 1.165) is 17.7 Å². The second-order valence-corrected chi connectivity index (χ2v) is 6.94. The molecular formula is C22H17F4NO. The Bertz CT molecular complexity index is 1030. The molecule has 1 atom stereocenters. The van der Waals surface area contributed by atoms with Crippen molar-refractivity contribution in [3.63, 3.8) is 0 Å². The van der Waals surface area contributed by atoms with E-state index < -0.39 is 23.5 Å². The molecule has 0 aromatic heterocycles. The standard InChI is InChI=1S/C22H17F4NO/c1-27-18-11-16(20-15-7-3-4-12(15)8-9-17(20)23)21(28)19(18)13-5-2-6-14(10-13)22(24,25)26/h2-3,5-10,16,27H,4,11H2,1H3. The molecule has 0 fully saturated rings. The van der Waals surface area contributed by atoms with Crippen molar-refractivity contribution < 1.29 is 22.4 Å². The molecule has 0 radical (unpaired) electrons. The van der Waals surface area contributed by atoms with Gasteiger partial charge >= 0.3 is 6.18 Å². The Kier molecular flexibility index (Phi) is 4.37. The number of ketones is 1. The lowest BCUT2D eigenvalue weighted by Gasteiger charge is -2.16. The summed E-state index contributed by atoms with van der Waals surface area (Å²) in [7, 11) is 1.62. The van der Waals surface area contributed by atoms with Gasteiger partial charge in [0.25, 0.3) is 0 Å². The summed E-state index contributed by atoms with van der Waals surface area (Å²) in [5.74, 6) is -1.59. The topological polar surface area (TPSA) is 29.1 Å². The lowest BCUT2D eigenvalue weighted by molar-refractivity contribution is -0.137. The lowest BCUT2D eigenvalue weighted by Crippen LogP contribution is -2.13. The van der Waals surface area contributed by atoms with Crippen molar-refractivity contribution in [2.75, 3.05) is 7.05 Å². The van der Waals surface area contributed by atoms with Crippen LogP contribution >= 0.6 is 0 Å². The Morgan fingerprint density at radius 3 is 2.64 bits per heavy atom. The average Bonchev–Trinajstić information content (AvgIpc) is 3.25. The van der Waals surface area contributed by atoms with Gasteiger partial charge in [-0.05, 0) is 41.3 Å². The molecule has 1 unspecified atom stereocenters. The van der Waals surface area contributed by atoms with Crippen LogP contribution in [0.4, 0.5) is 17.6 Å². The van der Waals surface area contributed by atoms with Crippen LogP contribution in [0.15, 0.2) is 48.2 Å². The zero-order chi connectivity index (χ0) is 20.1. The molecule has 2 nitrogen and oxygen atoms in total. The zero-order valence-corrected chi connectivity index (χ0v) is 15.0. The van der Waals surface area contributed by atoms with Crippen LogP contribution in [-0.2, 0) is 17.4 Å². The third-order valence-electron chi connectivity index (χ3n) is 5.35. The molecule has 6 heteroatoms. The number of carbonyl (C=O) groups excluding carboxylic acids is 1. The van der Waals surface area contributed by atoms with Crippen molar-refractivity contribution in [2.24, 2.45) is 0 Å². The van der Waals surface area contributed by atoms with Crippen LogP contribution in [0.5, 0.6) is 0 Å². The Hall–Kier alpha value is -2.89. The van der Waals surface area contributed by atoms with Crippen molar-refractivity contribution in [3.8, 4) is 0 Å². The first-order chi connectivity index (χ1) is 13.3. The lowest BCUT2D eigenvalue weighted by atomic mass is 9.87. The van der Waals surface area contributed by atoms with Gasteiger partial charge < -0.3 is 5.32 Å². The predicted octanol–water partition coefficient (Wildman–Crippen LogP) is 5.10. The monoisotopic (exact) mass is 387 g/mol. The van der Waals surface area contributed by atoms with Gasteiger partial charge in [-0.3, -0.25) is 4.79 Å². The highest BCUT2D eigenvalue weighted by Gasteiger charge is 2.39. The van der Waals surface area contributed by atoms with Gasteiger partial charge in [-0.15, -0.1) is 0 Å². The maximum absolute atomic E-state index is 14.7. The maximum atomic E-state index is 14.7. The molecule has 0 bridgehead atoms. The molecule has 0 heterocycles. The van der Waals surface area contributed by atoms with Crippen molar-refractivity contribution in [1.29, 1.82) is 0 Å². The zero-order valence-electron chi connectivity index (χ0n) is 15.0. The van der Waals surface area contributed by atoms with Gasteiger partial charge in [0.2, 0.25) is 0 Å². The number of hydrogen-bond acceptors (Lipinski definition) is 2. The van der Waals surface area contributed by atoms with Crippen LogP contribution in [-0.4, -0.2) is 12.8 Å². The summed E-state index contributed by atoms with van der Waals surface area (Å²) < 4.78 is 54.0.